The third kappa shape index (κ3) is 3.76. The number of aryl methyl sites for hydroxylation is 1. The van der Waals surface area contributed by atoms with E-state index in [0.717, 1.165) is 10.2 Å². The lowest BCUT2D eigenvalue weighted by Crippen LogP contribution is -2.27. The Balaban J connectivity index is 2.62. The van der Waals surface area contributed by atoms with Gasteiger partial charge in [-0.3, -0.25) is 0 Å². The van der Waals surface area contributed by atoms with E-state index in [4.69, 9.17) is 5.11 Å². The van der Waals surface area contributed by atoms with Crippen LogP contribution in [0.15, 0.2) is 10.7 Å². The first kappa shape index (κ1) is 12.4. The molecule has 4 nitrogen and oxygen atoms in total. The van der Waals surface area contributed by atoms with Crippen LogP contribution < -0.4 is 5.32 Å². The zero-order valence-corrected chi connectivity index (χ0v) is 10.8. The number of hydrogen-bond donors (Lipinski definition) is 2. The highest BCUT2D eigenvalue weighted by atomic mass is 79.9. The topological polar surface area (TPSA) is 58.0 Å². The van der Waals surface area contributed by atoms with Gasteiger partial charge >= 0.3 is 0 Å². The van der Waals surface area contributed by atoms with Gasteiger partial charge in [-0.1, -0.05) is 13.8 Å². The molecule has 0 radical (unpaired) electrons. The van der Waals surface area contributed by atoms with E-state index in [0.29, 0.717) is 12.5 Å². The van der Waals surface area contributed by atoms with Crippen molar-refractivity contribution in [2.24, 2.45) is 5.41 Å². The molecule has 2 N–H and O–H groups in total. The first-order valence-corrected chi connectivity index (χ1v) is 5.58. The zero-order valence-electron chi connectivity index (χ0n) is 9.21. The van der Waals surface area contributed by atoms with Gasteiger partial charge in [0.1, 0.15) is 0 Å². The lowest BCUT2D eigenvalue weighted by molar-refractivity contribution is 0.170. The summed E-state index contributed by atoms with van der Waals surface area (Å²) in [6, 6.07) is 0. The summed E-state index contributed by atoms with van der Waals surface area (Å²) in [5.41, 5.74) is 0.735. The Bertz CT molecular complexity index is 341. The average Bonchev–Trinajstić information content (AvgIpc) is 2.20. The van der Waals surface area contributed by atoms with E-state index in [2.05, 4.69) is 31.2 Å². The van der Waals surface area contributed by atoms with Gasteiger partial charge in [-0.25, -0.2) is 9.97 Å². The number of hydrogen-bond acceptors (Lipinski definition) is 4. The zero-order chi connectivity index (χ0) is 11.5. The van der Waals surface area contributed by atoms with Crippen LogP contribution in [-0.2, 0) is 0 Å². The molecule has 0 aliphatic carbocycles. The molecule has 0 amide bonds. The second-order valence-electron chi connectivity index (χ2n) is 4.30. The molecule has 0 atom stereocenters. The number of nitrogens with one attached hydrogen (secondary N) is 1. The molecule has 5 heteroatoms. The van der Waals surface area contributed by atoms with Gasteiger partial charge in [0.25, 0.3) is 0 Å². The fourth-order valence-corrected chi connectivity index (χ4v) is 1.10. The molecule has 1 rings (SSSR count). The van der Waals surface area contributed by atoms with Crippen molar-refractivity contribution >= 4 is 21.9 Å². The second kappa shape index (κ2) is 4.90. The van der Waals surface area contributed by atoms with Crippen LogP contribution in [0.25, 0.3) is 0 Å². The summed E-state index contributed by atoms with van der Waals surface area (Å²) in [6.45, 7) is 6.64. The minimum atomic E-state index is -0.162. The van der Waals surface area contributed by atoms with Crippen LogP contribution in [0.3, 0.4) is 0 Å². The van der Waals surface area contributed by atoms with Gasteiger partial charge in [-0.2, -0.15) is 0 Å². The van der Waals surface area contributed by atoms with Crippen LogP contribution in [0.5, 0.6) is 0 Å². The van der Waals surface area contributed by atoms with Gasteiger partial charge < -0.3 is 10.4 Å². The van der Waals surface area contributed by atoms with E-state index >= 15 is 0 Å². The van der Waals surface area contributed by atoms with Crippen molar-refractivity contribution in [3.63, 3.8) is 0 Å². The highest BCUT2D eigenvalue weighted by Crippen LogP contribution is 2.16. The summed E-state index contributed by atoms with van der Waals surface area (Å²) in [5.74, 6) is 0.595. The third-order valence-electron chi connectivity index (χ3n) is 2.07. The van der Waals surface area contributed by atoms with E-state index < -0.39 is 0 Å². The van der Waals surface area contributed by atoms with E-state index in [1.54, 1.807) is 6.20 Å². The molecule has 0 aliphatic heterocycles. The molecule has 0 aromatic carbocycles. The molecule has 0 aliphatic rings. The summed E-state index contributed by atoms with van der Waals surface area (Å²) < 4.78 is 0.898. The van der Waals surface area contributed by atoms with Crippen LogP contribution >= 0.6 is 15.9 Å². The average molecular weight is 274 g/mol. The van der Waals surface area contributed by atoms with Crippen LogP contribution in [0.1, 0.15) is 19.5 Å². The second-order valence-corrected chi connectivity index (χ2v) is 5.16. The quantitative estimate of drug-likeness (QED) is 0.881. The predicted molar refractivity (Wildman–Crippen MR) is 63.8 cm³/mol. The van der Waals surface area contributed by atoms with Crippen molar-refractivity contribution in [1.29, 1.82) is 0 Å². The maximum atomic E-state index is 9.08. The van der Waals surface area contributed by atoms with Gasteiger partial charge in [0, 0.05) is 24.8 Å². The molecule has 0 saturated heterocycles. The van der Waals surface area contributed by atoms with Crippen molar-refractivity contribution in [3.8, 4) is 0 Å². The Hall–Kier alpha value is -0.680. The lowest BCUT2D eigenvalue weighted by Gasteiger charge is -2.21. The molecular formula is C10H16BrN3O. The highest BCUT2D eigenvalue weighted by Gasteiger charge is 2.16. The molecular weight excluding hydrogens is 258 g/mol. The maximum Gasteiger partial charge on any atom is 0.222 e. The third-order valence-corrected chi connectivity index (χ3v) is 2.85. The summed E-state index contributed by atoms with van der Waals surface area (Å²) in [6.07, 6.45) is 1.72. The molecule has 0 fully saturated rings. The largest absolute Gasteiger partial charge is 0.396 e. The number of rotatable bonds is 4. The molecule has 1 heterocycles. The number of aliphatic hydroxyl groups is 1. The fourth-order valence-electron chi connectivity index (χ4n) is 0.912. The SMILES string of the molecule is Cc1nc(NCC(C)(C)CO)ncc1Br. The van der Waals surface area contributed by atoms with Crippen molar-refractivity contribution < 1.29 is 5.11 Å². The Morgan fingerprint density at radius 3 is 2.73 bits per heavy atom. The molecule has 1 aromatic rings. The standard InChI is InChI=1S/C10H16BrN3O/c1-7-8(11)4-12-9(14-7)13-5-10(2,3)6-15/h4,15H,5-6H2,1-3H3,(H,12,13,14). The van der Waals surface area contributed by atoms with Gasteiger partial charge in [0.05, 0.1) is 10.2 Å². The van der Waals surface area contributed by atoms with Crippen LogP contribution in [0.4, 0.5) is 5.95 Å². The molecule has 0 saturated carbocycles. The summed E-state index contributed by atoms with van der Waals surface area (Å²) in [4.78, 5) is 8.39. The lowest BCUT2D eigenvalue weighted by atomic mass is 9.95. The summed E-state index contributed by atoms with van der Waals surface area (Å²) in [5, 5.41) is 12.2. The van der Waals surface area contributed by atoms with Crippen molar-refractivity contribution in [3.05, 3.63) is 16.4 Å². The van der Waals surface area contributed by atoms with Gasteiger partial charge in [0.2, 0.25) is 5.95 Å². The van der Waals surface area contributed by atoms with E-state index in [9.17, 15) is 0 Å². The Labute approximate surface area is 98.3 Å². The fraction of sp³-hybridized carbons (Fsp3) is 0.600. The Morgan fingerprint density at radius 1 is 1.53 bits per heavy atom. The minimum absolute atomic E-state index is 0.134. The maximum absolute atomic E-state index is 9.08. The Morgan fingerprint density at radius 2 is 2.20 bits per heavy atom. The van der Waals surface area contributed by atoms with Crippen LogP contribution in [-0.4, -0.2) is 28.2 Å². The van der Waals surface area contributed by atoms with Crippen LogP contribution in [0, 0.1) is 12.3 Å². The van der Waals surface area contributed by atoms with Crippen molar-refractivity contribution in [2.75, 3.05) is 18.5 Å². The predicted octanol–water partition coefficient (Wildman–Crippen LogP) is 1.98. The summed E-state index contributed by atoms with van der Waals surface area (Å²) in [7, 11) is 0. The first-order chi connectivity index (χ1) is 6.94. The van der Waals surface area contributed by atoms with Gasteiger partial charge in [-0.05, 0) is 22.9 Å². The van der Waals surface area contributed by atoms with Crippen LogP contribution in [0.2, 0.25) is 0 Å². The minimum Gasteiger partial charge on any atom is -0.396 e. The normalized spacial score (nSPS) is 11.5. The van der Waals surface area contributed by atoms with E-state index in [-0.39, 0.29) is 12.0 Å². The first-order valence-electron chi connectivity index (χ1n) is 4.78. The van der Waals surface area contributed by atoms with E-state index in [1.807, 2.05) is 20.8 Å². The van der Waals surface area contributed by atoms with Crippen molar-refractivity contribution in [2.45, 2.75) is 20.8 Å². The molecule has 15 heavy (non-hydrogen) atoms. The Kier molecular flexibility index (Phi) is 4.04. The smallest absolute Gasteiger partial charge is 0.222 e. The molecule has 0 spiro atoms. The highest BCUT2D eigenvalue weighted by molar-refractivity contribution is 9.10. The van der Waals surface area contributed by atoms with Gasteiger partial charge in [0.15, 0.2) is 0 Å². The van der Waals surface area contributed by atoms with Crippen molar-refractivity contribution in [1.82, 2.24) is 9.97 Å². The number of aliphatic hydroxyl groups excluding tert-OH is 1. The summed E-state index contributed by atoms with van der Waals surface area (Å²) >= 11 is 3.34. The number of anilines is 1. The molecule has 0 unspecified atom stereocenters. The molecule has 1 aromatic heterocycles. The number of nitrogens with zero attached hydrogens (tertiary/aromatic N) is 2. The molecule has 84 valence electrons. The molecule has 0 bridgehead atoms. The number of aromatic nitrogens is 2. The monoisotopic (exact) mass is 273 g/mol. The van der Waals surface area contributed by atoms with E-state index in [1.165, 1.54) is 0 Å². The van der Waals surface area contributed by atoms with Gasteiger partial charge in [-0.15, -0.1) is 0 Å². The number of halogens is 1.